The van der Waals surface area contributed by atoms with E-state index in [9.17, 15) is 9.59 Å². The number of halogens is 4. The first-order valence-electron chi connectivity index (χ1n) is 10.9. The highest BCUT2D eigenvalue weighted by molar-refractivity contribution is 9.11. The highest BCUT2D eigenvalue weighted by Crippen LogP contribution is 2.23. The lowest BCUT2D eigenvalue weighted by atomic mass is 10.1. The molecule has 0 aliphatic heterocycles. The zero-order chi connectivity index (χ0) is 25.4. The van der Waals surface area contributed by atoms with Gasteiger partial charge in [-0.05, 0) is 70.1 Å². The molecule has 0 unspecified atom stereocenters. The molecule has 0 radical (unpaired) electrons. The van der Waals surface area contributed by atoms with Crippen molar-refractivity contribution >= 4 is 107 Å². The van der Waals surface area contributed by atoms with Gasteiger partial charge in [-0.3, -0.25) is 9.59 Å². The van der Waals surface area contributed by atoms with Crippen molar-refractivity contribution < 1.29 is 0 Å². The van der Waals surface area contributed by atoms with Gasteiger partial charge in [0.2, 0.25) is 0 Å². The van der Waals surface area contributed by atoms with Crippen LogP contribution in [0.4, 0.5) is 0 Å². The fourth-order valence-corrected chi connectivity index (χ4v) is 5.58. The number of benzene rings is 4. The van der Waals surface area contributed by atoms with Gasteiger partial charge in [0.1, 0.15) is 0 Å². The molecule has 0 aromatic heterocycles. The second kappa shape index (κ2) is 10.5. The van der Waals surface area contributed by atoms with Crippen LogP contribution in [0.15, 0.2) is 125 Å². The minimum atomic E-state index is 0.0626. The number of rotatable bonds is 0. The molecule has 0 aliphatic carbocycles. The average Bonchev–Trinajstić information content (AvgIpc) is 3.08. The van der Waals surface area contributed by atoms with Crippen LogP contribution in [0.5, 0.6) is 0 Å². The van der Waals surface area contributed by atoms with Gasteiger partial charge in [0.15, 0.2) is 10.9 Å². The van der Waals surface area contributed by atoms with Crippen molar-refractivity contribution in [2.75, 3.05) is 0 Å². The molecule has 0 saturated heterocycles. The first-order valence-corrected chi connectivity index (χ1v) is 14.1. The van der Waals surface area contributed by atoms with E-state index in [1.165, 1.54) is 0 Å². The Bertz CT molecular complexity index is 1660. The molecule has 0 aliphatic rings. The zero-order valence-electron chi connectivity index (χ0n) is 18.6. The summed E-state index contributed by atoms with van der Waals surface area (Å²) in [5.74, 6) is 0. The molecule has 0 fully saturated rings. The molecule has 36 heavy (non-hydrogen) atoms. The highest BCUT2D eigenvalue weighted by Gasteiger charge is 2.05. The summed E-state index contributed by atoms with van der Waals surface area (Å²) in [4.78, 5) is 25.1. The molecule has 0 bridgehead atoms. The average molecular weight is 728 g/mol. The second-order valence-corrected chi connectivity index (χ2v) is 11.9. The van der Waals surface area contributed by atoms with Crippen LogP contribution in [0, 0.1) is 0 Å². The van der Waals surface area contributed by atoms with Crippen molar-refractivity contribution in [1.82, 2.24) is 0 Å². The van der Waals surface area contributed by atoms with Crippen LogP contribution in [-0.2, 0) is 0 Å². The largest absolute Gasteiger partial charge is 0.289 e. The summed E-state index contributed by atoms with van der Waals surface area (Å²) in [7, 11) is 0. The molecule has 176 valence electrons. The summed E-state index contributed by atoms with van der Waals surface area (Å²) in [6.07, 6.45) is 0. The van der Waals surface area contributed by atoms with E-state index in [0.717, 1.165) is 61.0 Å². The van der Waals surface area contributed by atoms with Gasteiger partial charge in [0.05, 0.1) is 0 Å². The Morgan fingerprint density at radius 2 is 0.528 bits per heavy atom. The number of hydrogen-bond donors (Lipinski definition) is 0. The first kappa shape index (κ1) is 25.3. The van der Waals surface area contributed by atoms with Crippen LogP contribution >= 0.6 is 63.7 Å². The molecule has 6 heteroatoms. The topological polar surface area (TPSA) is 34.1 Å². The van der Waals surface area contributed by atoms with Crippen molar-refractivity contribution in [2.45, 2.75) is 0 Å². The third-order valence-electron chi connectivity index (χ3n) is 5.92. The molecule has 6 aromatic carbocycles. The number of hydrogen-bond acceptors (Lipinski definition) is 2. The van der Waals surface area contributed by atoms with Gasteiger partial charge >= 0.3 is 0 Å². The maximum Gasteiger partial charge on any atom is 0.194 e. The lowest BCUT2D eigenvalue weighted by Gasteiger charge is -1.94. The molecule has 0 spiro atoms. The van der Waals surface area contributed by atoms with Crippen molar-refractivity contribution in [3.63, 3.8) is 0 Å². The maximum atomic E-state index is 12.6. The second-order valence-electron chi connectivity index (χ2n) is 8.25. The van der Waals surface area contributed by atoms with Gasteiger partial charge in [-0.2, -0.15) is 0 Å². The Balaban J connectivity index is 0.000000148. The summed E-state index contributed by atoms with van der Waals surface area (Å²) in [6.45, 7) is 0. The fourth-order valence-electron chi connectivity index (χ4n) is 4.13. The fraction of sp³-hybridized carbons (Fsp3) is 0. The highest BCUT2D eigenvalue weighted by atomic mass is 79.9. The summed E-state index contributed by atoms with van der Waals surface area (Å²) in [5, 5.41) is 6.75. The SMILES string of the molecule is O=c1c2cc(Br)ccc2ccc2ccc(Br)cc12.O=c1c2cc(Br)ccc2ccc2ccc(Br)cc12. The molecular weight excluding hydrogens is 712 g/mol. The van der Waals surface area contributed by atoms with Gasteiger partial charge in [-0.25, -0.2) is 0 Å². The van der Waals surface area contributed by atoms with Crippen molar-refractivity contribution in [1.29, 1.82) is 0 Å². The summed E-state index contributed by atoms with van der Waals surface area (Å²) in [6, 6.07) is 31.0. The maximum absolute atomic E-state index is 12.6. The van der Waals surface area contributed by atoms with Crippen LogP contribution in [0.2, 0.25) is 0 Å². The number of fused-ring (bicyclic) bond motifs is 4. The van der Waals surface area contributed by atoms with E-state index in [-0.39, 0.29) is 10.9 Å². The molecule has 6 aromatic rings. The minimum Gasteiger partial charge on any atom is -0.289 e. The van der Waals surface area contributed by atoms with Crippen LogP contribution in [-0.4, -0.2) is 0 Å². The van der Waals surface area contributed by atoms with E-state index in [2.05, 4.69) is 63.7 Å². The first-order chi connectivity index (χ1) is 17.3. The van der Waals surface area contributed by atoms with Crippen LogP contribution in [0.1, 0.15) is 0 Å². The van der Waals surface area contributed by atoms with E-state index in [4.69, 9.17) is 0 Å². The molecule has 2 nitrogen and oxygen atoms in total. The van der Waals surface area contributed by atoms with Crippen LogP contribution < -0.4 is 10.9 Å². The van der Waals surface area contributed by atoms with E-state index in [0.29, 0.717) is 0 Å². The molecule has 0 N–H and O–H groups in total. The van der Waals surface area contributed by atoms with Crippen molar-refractivity contribution in [3.05, 3.63) is 135 Å². The Kier molecular flexibility index (Phi) is 7.40. The van der Waals surface area contributed by atoms with E-state index < -0.39 is 0 Å². The molecule has 0 saturated carbocycles. The summed E-state index contributed by atoms with van der Waals surface area (Å²) >= 11 is 13.6. The van der Waals surface area contributed by atoms with Crippen LogP contribution in [0.3, 0.4) is 0 Å². The normalized spacial score (nSPS) is 11.0. The zero-order valence-corrected chi connectivity index (χ0v) is 24.9. The predicted octanol–water partition coefficient (Wildman–Crippen LogP) is 9.76. The summed E-state index contributed by atoms with van der Waals surface area (Å²) < 4.78 is 3.67. The Morgan fingerprint density at radius 3 is 0.750 bits per heavy atom. The Hall–Kier alpha value is -2.38. The molecule has 0 atom stereocenters. The summed E-state index contributed by atoms with van der Waals surface area (Å²) in [5.41, 5.74) is 0.125. The van der Waals surface area contributed by atoms with Gasteiger partial charge in [-0.15, -0.1) is 0 Å². The third kappa shape index (κ3) is 5.18. The molecule has 6 rings (SSSR count). The Morgan fingerprint density at radius 1 is 0.333 bits per heavy atom. The molecular formula is C30H16Br4O2. The molecule has 0 amide bonds. The quantitative estimate of drug-likeness (QED) is 0.156. The minimum absolute atomic E-state index is 0.0626. The lowest BCUT2D eigenvalue weighted by molar-refractivity contribution is 1.69. The standard InChI is InChI=1S/2C15H8Br2O/c2*16-11-5-3-9-1-2-10-4-6-12(17)8-14(10)15(18)13(9)7-11/h2*1-8H. The van der Waals surface area contributed by atoms with E-state index in [1.54, 1.807) is 0 Å². The lowest BCUT2D eigenvalue weighted by Crippen LogP contribution is -1.98. The smallest absolute Gasteiger partial charge is 0.194 e. The predicted molar refractivity (Wildman–Crippen MR) is 166 cm³/mol. The Labute approximate surface area is 240 Å². The van der Waals surface area contributed by atoms with E-state index in [1.807, 2.05) is 97.1 Å². The molecule has 0 heterocycles. The van der Waals surface area contributed by atoms with E-state index >= 15 is 0 Å². The monoisotopic (exact) mass is 724 g/mol. The van der Waals surface area contributed by atoms with Crippen LogP contribution in [0.25, 0.3) is 43.1 Å². The van der Waals surface area contributed by atoms with Crippen molar-refractivity contribution in [2.24, 2.45) is 0 Å². The third-order valence-corrected chi connectivity index (χ3v) is 7.90. The van der Waals surface area contributed by atoms with Gasteiger partial charge in [0, 0.05) is 39.4 Å². The van der Waals surface area contributed by atoms with Crippen molar-refractivity contribution in [3.8, 4) is 0 Å². The van der Waals surface area contributed by atoms with Gasteiger partial charge in [-0.1, -0.05) is 112 Å². The van der Waals surface area contributed by atoms with Gasteiger partial charge < -0.3 is 0 Å². The van der Waals surface area contributed by atoms with Gasteiger partial charge in [0.25, 0.3) is 0 Å².